The van der Waals surface area contributed by atoms with Gasteiger partial charge in [0.25, 0.3) is 0 Å². The van der Waals surface area contributed by atoms with Crippen LogP contribution in [0, 0.1) is 0 Å². The summed E-state index contributed by atoms with van der Waals surface area (Å²) in [7, 11) is 0. The van der Waals surface area contributed by atoms with Gasteiger partial charge in [0.2, 0.25) is 0 Å². The number of aliphatic hydroxyl groups excluding tert-OH is 1. The molecule has 3 N–H and O–H groups in total. The van der Waals surface area contributed by atoms with Gasteiger partial charge in [-0.05, 0) is 54.7 Å². The van der Waals surface area contributed by atoms with Gasteiger partial charge >= 0.3 is 5.97 Å². The number of carbonyl (C=O) groups is 1. The van der Waals surface area contributed by atoms with E-state index in [2.05, 4.69) is 10.3 Å². The number of β-amino-alcohol motifs (C(OH)–C–C–N with tert-alkyl or cyclic N) is 1. The number of carboxylic acid groups (broad SMARTS) is 1. The Hall–Kier alpha value is -3.23. The lowest BCUT2D eigenvalue weighted by Crippen LogP contribution is -2.32. The van der Waals surface area contributed by atoms with Crippen molar-refractivity contribution in [2.24, 2.45) is 0 Å². The highest BCUT2D eigenvalue weighted by Crippen LogP contribution is 2.39. The first-order valence-corrected chi connectivity index (χ1v) is 9.61. The molecule has 1 aliphatic rings. The third kappa shape index (κ3) is 3.59. The van der Waals surface area contributed by atoms with E-state index in [0.717, 1.165) is 17.1 Å². The summed E-state index contributed by atoms with van der Waals surface area (Å²) >= 11 is 5.54. The van der Waals surface area contributed by atoms with Crippen molar-refractivity contribution >= 4 is 23.3 Å². The topological polar surface area (TPSA) is 90.6 Å². The molecule has 2 aromatic heterocycles. The van der Waals surface area contributed by atoms with E-state index in [4.69, 9.17) is 12.2 Å². The molecule has 1 fully saturated rings. The summed E-state index contributed by atoms with van der Waals surface area (Å²) in [5, 5.41) is 22.8. The number of nitrogens with one attached hydrogen (secondary N) is 1. The molecule has 0 aliphatic carbocycles. The number of nitrogens with zero attached hydrogens (tertiary/aromatic N) is 3. The molecule has 0 saturated carbocycles. The van der Waals surface area contributed by atoms with E-state index in [9.17, 15) is 15.0 Å². The second-order valence-electron chi connectivity index (χ2n) is 6.70. The number of pyridine rings is 1. The third-order valence-corrected chi connectivity index (χ3v) is 5.35. The Labute approximate surface area is 173 Å². The van der Waals surface area contributed by atoms with Gasteiger partial charge in [-0.25, -0.2) is 4.79 Å². The number of hydrogen-bond donors (Lipinski definition) is 3. The van der Waals surface area contributed by atoms with Crippen molar-refractivity contribution in [3.8, 4) is 5.69 Å². The van der Waals surface area contributed by atoms with Crippen molar-refractivity contribution < 1.29 is 15.0 Å². The molecule has 0 spiro atoms. The van der Waals surface area contributed by atoms with Crippen molar-refractivity contribution in [3.63, 3.8) is 0 Å². The predicted molar refractivity (Wildman–Crippen MR) is 112 cm³/mol. The number of aromatic nitrogens is 2. The van der Waals surface area contributed by atoms with E-state index >= 15 is 0 Å². The van der Waals surface area contributed by atoms with Gasteiger partial charge in [-0.1, -0.05) is 12.1 Å². The lowest BCUT2D eigenvalue weighted by atomic mass is 10.0. The van der Waals surface area contributed by atoms with Gasteiger partial charge in [-0.3, -0.25) is 4.98 Å². The van der Waals surface area contributed by atoms with Gasteiger partial charge in [0.05, 0.1) is 29.9 Å². The first-order chi connectivity index (χ1) is 14.1. The van der Waals surface area contributed by atoms with E-state index < -0.39 is 5.97 Å². The monoisotopic (exact) mass is 408 g/mol. The SMILES string of the molecule is O=C(O)c1cccc(-n2cccc2[C@@H]2[C@H](c3ccccn3)NC(=S)N2CCO)c1. The standard InChI is InChI=1S/C21H20N4O3S/c26-12-11-25-19(18(23-21(25)29)16-7-1-2-9-22-16)17-8-4-10-24(17)15-6-3-5-14(13-15)20(27)28/h1-10,13,18-19,26H,11-12H2,(H,23,29)(H,27,28)/t18-,19+/m0/s1. The number of thiocarbonyl (C=S) groups is 1. The van der Waals surface area contributed by atoms with E-state index in [1.54, 1.807) is 24.4 Å². The van der Waals surface area contributed by atoms with Gasteiger partial charge in [0, 0.05) is 30.3 Å². The normalized spacial score (nSPS) is 18.7. The molecule has 0 unspecified atom stereocenters. The predicted octanol–water partition coefficient (Wildman–Crippen LogP) is 2.54. The maximum atomic E-state index is 11.4. The van der Waals surface area contributed by atoms with Crippen molar-refractivity contribution in [1.82, 2.24) is 19.8 Å². The molecule has 1 aliphatic heterocycles. The molecular formula is C21H20N4O3S. The molecule has 8 heteroatoms. The zero-order valence-electron chi connectivity index (χ0n) is 15.5. The van der Waals surface area contributed by atoms with Crippen LogP contribution >= 0.6 is 12.2 Å². The first-order valence-electron chi connectivity index (χ1n) is 9.20. The molecule has 148 valence electrons. The van der Waals surface area contributed by atoms with Crippen molar-refractivity contribution in [3.05, 3.63) is 83.9 Å². The van der Waals surface area contributed by atoms with Crippen LogP contribution < -0.4 is 5.32 Å². The van der Waals surface area contributed by atoms with E-state index in [1.807, 2.05) is 52.1 Å². The van der Waals surface area contributed by atoms with Crippen LogP contribution in [-0.2, 0) is 0 Å². The molecule has 1 saturated heterocycles. The summed E-state index contributed by atoms with van der Waals surface area (Å²) in [5.41, 5.74) is 2.72. The lowest BCUT2D eigenvalue weighted by Gasteiger charge is -2.28. The minimum absolute atomic E-state index is 0.0392. The second-order valence-corrected chi connectivity index (χ2v) is 7.09. The van der Waals surface area contributed by atoms with Crippen LogP contribution in [0.3, 0.4) is 0 Å². The number of aliphatic hydroxyl groups is 1. The van der Waals surface area contributed by atoms with Crippen molar-refractivity contribution in [1.29, 1.82) is 0 Å². The van der Waals surface area contributed by atoms with Crippen LogP contribution in [0.5, 0.6) is 0 Å². The summed E-state index contributed by atoms with van der Waals surface area (Å²) < 4.78 is 1.95. The largest absolute Gasteiger partial charge is 0.478 e. The van der Waals surface area contributed by atoms with Crippen molar-refractivity contribution in [2.45, 2.75) is 12.1 Å². The molecule has 3 heterocycles. The molecule has 7 nitrogen and oxygen atoms in total. The fourth-order valence-corrected chi connectivity index (χ4v) is 4.07. The zero-order chi connectivity index (χ0) is 20.4. The van der Waals surface area contributed by atoms with Crippen LogP contribution in [-0.4, -0.2) is 48.9 Å². The summed E-state index contributed by atoms with van der Waals surface area (Å²) in [6.45, 7) is 0.336. The Balaban J connectivity index is 1.81. The van der Waals surface area contributed by atoms with Crippen LogP contribution in [0.15, 0.2) is 67.0 Å². The lowest BCUT2D eigenvalue weighted by molar-refractivity contribution is 0.0697. The molecule has 4 rings (SSSR count). The second kappa shape index (κ2) is 8.02. The van der Waals surface area contributed by atoms with Gasteiger partial charge in [-0.15, -0.1) is 0 Å². The average molecular weight is 408 g/mol. The minimum Gasteiger partial charge on any atom is -0.478 e. The van der Waals surface area contributed by atoms with Crippen LogP contribution in [0.25, 0.3) is 5.69 Å². The molecule has 0 radical (unpaired) electrons. The maximum Gasteiger partial charge on any atom is 0.335 e. The van der Waals surface area contributed by atoms with Gasteiger partial charge in [0.15, 0.2) is 5.11 Å². The van der Waals surface area contributed by atoms with E-state index in [1.165, 1.54) is 0 Å². The Morgan fingerprint density at radius 2 is 2.03 bits per heavy atom. The molecule has 1 aromatic carbocycles. The fraction of sp³-hybridized carbons (Fsp3) is 0.190. The highest BCUT2D eigenvalue weighted by molar-refractivity contribution is 7.80. The van der Waals surface area contributed by atoms with E-state index in [0.29, 0.717) is 11.7 Å². The number of benzene rings is 1. The summed E-state index contributed by atoms with van der Waals surface area (Å²) in [4.78, 5) is 17.8. The molecule has 0 bridgehead atoms. The zero-order valence-corrected chi connectivity index (χ0v) is 16.3. The smallest absolute Gasteiger partial charge is 0.335 e. The van der Waals surface area contributed by atoms with E-state index in [-0.39, 0.29) is 24.3 Å². The van der Waals surface area contributed by atoms with Crippen LogP contribution in [0.4, 0.5) is 0 Å². The van der Waals surface area contributed by atoms with Crippen molar-refractivity contribution in [2.75, 3.05) is 13.2 Å². The summed E-state index contributed by atoms with van der Waals surface area (Å²) in [6.07, 6.45) is 3.63. The minimum atomic E-state index is -0.975. The molecular weight excluding hydrogens is 388 g/mol. The number of rotatable bonds is 6. The molecule has 3 aromatic rings. The highest BCUT2D eigenvalue weighted by atomic mass is 32.1. The Morgan fingerprint density at radius 3 is 2.76 bits per heavy atom. The average Bonchev–Trinajstić information content (AvgIpc) is 3.34. The Kier molecular flexibility index (Phi) is 5.28. The number of hydrogen-bond acceptors (Lipinski definition) is 4. The molecule has 29 heavy (non-hydrogen) atoms. The van der Waals surface area contributed by atoms with Gasteiger partial charge < -0.3 is 25.0 Å². The first kappa shape index (κ1) is 19.1. The number of carboxylic acids is 1. The van der Waals surface area contributed by atoms with Crippen LogP contribution in [0.1, 0.15) is 33.8 Å². The summed E-state index contributed by atoms with van der Waals surface area (Å²) in [6, 6.07) is 16.0. The number of aromatic carboxylic acids is 1. The molecule has 2 atom stereocenters. The quantitative estimate of drug-likeness (QED) is 0.540. The Morgan fingerprint density at radius 1 is 1.17 bits per heavy atom. The Bertz CT molecular complexity index is 1040. The van der Waals surface area contributed by atoms with Gasteiger partial charge in [0.1, 0.15) is 0 Å². The highest BCUT2D eigenvalue weighted by Gasteiger charge is 2.40. The van der Waals surface area contributed by atoms with Gasteiger partial charge in [-0.2, -0.15) is 0 Å². The third-order valence-electron chi connectivity index (χ3n) is 4.99. The fourth-order valence-electron chi connectivity index (χ4n) is 3.73. The summed E-state index contributed by atoms with van der Waals surface area (Å²) in [5.74, 6) is -0.975. The van der Waals surface area contributed by atoms with Crippen LogP contribution in [0.2, 0.25) is 0 Å². The maximum absolute atomic E-state index is 11.4. The molecule has 0 amide bonds.